The SMILES string of the molecule is O=C1CCC(N2Cc3cc(-c4cnc(CC5CC5)n4-c4ccccc4)ccc3C2=O)C(=O)N1. The maximum atomic E-state index is 13.0. The third kappa shape index (κ3) is 3.53. The topological polar surface area (TPSA) is 84.3 Å². The molecule has 7 heteroatoms. The van der Waals surface area contributed by atoms with E-state index in [-0.39, 0.29) is 24.1 Å². The zero-order chi connectivity index (χ0) is 22.5. The van der Waals surface area contributed by atoms with Crippen LogP contribution in [0, 0.1) is 5.92 Å². The fraction of sp³-hybridized carbons (Fsp3) is 0.308. The minimum Gasteiger partial charge on any atom is -0.322 e. The van der Waals surface area contributed by atoms with Gasteiger partial charge in [0.2, 0.25) is 11.8 Å². The number of imidazole rings is 1. The predicted octanol–water partition coefficient (Wildman–Crippen LogP) is 3.25. The number of carbonyl (C=O) groups excluding carboxylic acids is 3. The number of imide groups is 1. The van der Waals surface area contributed by atoms with Crippen molar-refractivity contribution < 1.29 is 14.4 Å². The number of hydrogen-bond donors (Lipinski definition) is 1. The van der Waals surface area contributed by atoms with Crippen molar-refractivity contribution in [3.63, 3.8) is 0 Å². The van der Waals surface area contributed by atoms with Crippen LogP contribution in [-0.4, -0.2) is 38.2 Å². The van der Waals surface area contributed by atoms with Crippen LogP contribution < -0.4 is 5.32 Å². The van der Waals surface area contributed by atoms with Gasteiger partial charge in [0, 0.05) is 36.2 Å². The van der Waals surface area contributed by atoms with Crippen LogP contribution in [0.1, 0.15) is 47.4 Å². The van der Waals surface area contributed by atoms with E-state index in [0.717, 1.165) is 34.8 Å². The number of aromatic nitrogens is 2. The van der Waals surface area contributed by atoms with Crippen LogP contribution in [0.4, 0.5) is 0 Å². The molecule has 1 N–H and O–H groups in total. The van der Waals surface area contributed by atoms with Crippen molar-refractivity contribution in [2.24, 2.45) is 5.92 Å². The Morgan fingerprint density at radius 2 is 1.82 bits per heavy atom. The van der Waals surface area contributed by atoms with Gasteiger partial charge in [0.05, 0.1) is 11.9 Å². The number of nitrogens with zero attached hydrogens (tertiary/aromatic N) is 3. The molecule has 3 aromatic rings. The van der Waals surface area contributed by atoms with Gasteiger partial charge in [-0.05, 0) is 55.0 Å². The number of amides is 3. The third-order valence-corrected chi connectivity index (χ3v) is 6.84. The summed E-state index contributed by atoms with van der Waals surface area (Å²) >= 11 is 0. The van der Waals surface area contributed by atoms with Crippen molar-refractivity contribution in [3.8, 4) is 16.9 Å². The molecule has 2 fully saturated rings. The highest BCUT2D eigenvalue weighted by molar-refractivity contribution is 6.05. The lowest BCUT2D eigenvalue weighted by Crippen LogP contribution is -2.52. The Balaban J connectivity index is 1.35. The first kappa shape index (κ1) is 19.9. The van der Waals surface area contributed by atoms with Gasteiger partial charge in [-0.15, -0.1) is 0 Å². The van der Waals surface area contributed by atoms with E-state index in [4.69, 9.17) is 4.98 Å². The van der Waals surface area contributed by atoms with Gasteiger partial charge in [0.15, 0.2) is 0 Å². The molecule has 1 saturated heterocycles. The zero-order valence-electron chi connectivity index (χ0n) is 18.2. The summed E-state index contributed by atoms with van der Waals surface area (Å²) in [4.78, 5) is 43.2. The highest BCUT2D eigenvalue weighted by atomic mass is 16.2. The number of rotatable bonds is 5. The Bertz CT molecular complexity index is 1280. The van der Waals surface area contributed by atoms with E-state index in [1.54, 1.807) is 4.90 Å². The highest BCUT2D eigenvalue weighted by Gasteiger charge is 2.39. The highest BCUT2D eigenvalue weighted by Crippen LogP contribution is 2.36. The van der Waals surface area contributed by atoms with Gasteiger partial charge < -0.3 is 4.90 Å². The van der Waals surface area contributed by atoms with E-state index < -0.39 is 6.04 Å². The summed E-state index contributed by atoms with van der Waals surface area (Å²) in [7, 11) is 0. The number of benzene rings is 2. The minimum atomic E-state index is -0.606. The smallest absolute Gasteiger partial charge is 0.255 e. The van der Waals surface area contributed by atoms with Gasteiger partial charge in [-0.3, -0.25) is 24.3 Å². The molecule has 0 radical (unpaired) electrons. The molecule has 3 amide bonds. The zero-order valence-corrected chi connectivity index (χ0v) is 18.2. The van der Waals surface area contributed by atoms with Gasteiger partial charge in [-0.25, -0.2) is 4.98 Å². The molecule has 1 saturated carbocycles. The van der Waals surface area contributed by atoms with Crippen molar-refractivity contribution in [2.75, 3.05) is 0 Å². The summed E-state index contributed by atoms with van der Waals surface area (Å²) in [5, 5.41) is 2.36. The van der Waals surface area contributed by atoms with E-state index in [0.29, 0.717) is 24.4 Å². The van der Waals surface area contributed by atoms with Gasteiger partial charge in [-0.2, -0.15) is 0 Å². The molecule has 1 aromatic heterocycles. The molecule has 1 atom stereocenters. The number of piperidine rings is 1. The van der Waals surface area contributed by atoms with Crippen LogP contribution in [0.5, 0.6) is 0 Å². The van der Waals surface area contributed by atoms with Crippen LogP contribution in [-0.2, 0) is 22.6 Å². The van der Waals surface area contributed by atoms with Crippen molar-refractivity contribution in [3.05, 3.63) is 71.7 Å². The quantitative estimate of drug-likeness (QED) is 0.618. The van der Waals surface area contributed by atoms with Crippen LogP contribution in [0.3, 0.4) is 0 Å². The Labute approximate surface area is 191 Å². The number of fused-ring (bicyclic) bond motifs is 1. The summed E-state index contributed by atoms with van der Waals surface area (Å²) in [5.74, 6) is 0.943. The fourth-order valence-electron chi connectivity index (χ4n) is 4.92. The van der Waals surface area contributed by atoms with Gasteiger partial charge in [0.25, 0.3) is 5.91 Å². The number of carbonyl (C=O) groups is 3. The van der Waals surface area contributed by atoms with Crippen LogP contribution in [0.25, 0.3) is 16.9 Å². The molecule has 2 aromatic carbocycles. The monoisotopic (exact) mass is 440 g/mol. The Hall–Kier alpha value is -3.74. The maximum absolute atomic E-state index is 13.0. The number of nitrogens with one attached hydrogen (secondary N) is 1. The molecule has 0 spiro atoms. The Kier molecular flexibility index (Phi) is 4.64. The first-order chi connectivity index (χ1) is 16.1. The fourth-order valence-corrected chi connectivity index (χ4v) is 4.92. The lowest BCUT2D eigenvalue weighted by Gasteiger charge is -2.29. The average molecular weight is 441 g/mol. The van der Waals surface area contributed by atoms with E-state index in [9.17, 15) is 14.4 Å². The lowest BCUT2D eigenvalue weighted by atomic mass is 10.0. The standard InChI is InChI=1S/C26H24N4O3/c31-24-11-10-21(25(32)28-24)29-15-18-13-17(8-9-20(18)26(29)33)22-14-27-23(12-16-6-7-16)30(22)19-4-2-1-3-5-19/h1-5,8-9,13-14,16,21H,6-7,10-12,15H2,(H,28,31,32). The van der Waals surface area contributed by atoms with Crippen LogP contribution in [0.15, 0.2) is 54.7 Å². The first-order valence-corrected chi connectivity index (χ1v) is 11.5. The molecule has 33 heavy (non-hydrogen) atoms. The van der Waals surface area contributed by atoms with Crippen LogP contribution in [0.2, 0.25) is 0 Å². The summed E-state index contributed by atoms with van der Waals surface area (Å²) in [6.45, 7) is 0.364. The molecular formula is C26H24N4O3. The average Bonchev–Trinajstić information content (AvgIpc) is 3.45. The molecule has 3 aliphatic rings. The van der Waals surface area contributed by atoms with Gasteiger partial charge in [-0.1, -0.05) is 24.3 Å². The molecule has 1 aliphatic carbocycles. The number of para-hydroxylation sites is 1. The lowest BCUT2D eigenvalue weighted by molar-refractivity contribution is -0.136. The predicted molar refractivity (Wildman–Crippen MR) is 121 cm³/mol. The van der Waals surface area contributed by atoms with Crippen molar-refractivity contribution in [1.29, 1.82) is 0 Å². The summed E-state index contributed by atoms with van der Waals surface area (Å²) in [6, 6.07) is 15.5. The second kappa shape index (κ2) is 7.69. The van der Waals surface area contributed by atoms with E-state index in [1.807, 2.05) is 42.6 Å². The third-order valence-electron chi connectivity index (χ3n) is 6.84. The van der Waals surface area contributed by atoms with Gasteiger partial charge in [0.1, 0.15) is 11.9 Å². The van der Waals surface area contributed by atoms with Crippen molar-refractivity contribution in [1.82, 2.24) is 19.8 Å². The minimum absolute atomic E-state index is 0.156. The molecule has 0 bridgehead atoms. The molecule has 2 aliphatic heterocycles. The van der Waals surface area contributed by atoms with Crippen LogP contribution >= 0.6 is 0 Å². The second-order valence-corrected chi connectivity index (χ2v) is 9.15. The Morgan fingerprint density at radius 3 is 2.58 bits per heavy atom. The molecule has 166 valence electrons. The number of hydrogen-bond acceptors (Lipinski definition) is 4. The normalized spacial score (nSPS) is 20.2. The summed E-state index contributed by atoms with van der Waals surface area (Å²) < 4.78 is 2.22. The van der Waals surface area contributed by atoms with E-state index in [1.165, 1.54) is 12.8 Å². The molecule has 1 unspecified atom stereocenters. The Morgan fingerprint density at radius 1 is 1.00 bits per heavy atom. The van der Waals surface area contributed by atoms with Crippen molar-refractivity contribution >= 4 is 17.7 Å². The van der Waals surface area contributed by atoms with E-state index >= 15 is 0 Å². The summed E-state index contributed by atoms with van der Waals surface area (Å²) in [6.07, 6.45) is 6.01. The molecule has 7 nitrogen and oxygen atoms in total. The molecular weight excluding hydrogens is 416 g/mol. The van der Waals surface area contributed by atoms with Crippen molar-refractivity contribution in [2.45, 2.75) is 44.7 Å². The maximum Gasteiger partial charge on any atom is 0.255 e. The van der Waals surface area contributed by atoms with Gasteiger partial charge >= 0.3 is 0 Å². The summed E-state index contributed by atoms with van der Waals surface area (Å²) in [5.41, 5.74) is 4.57. The second-order valence-electron chi connectivity index (χ2n) is 9.15. The largest absolute Gasteiger partial charge is 0.322 e. The molecule has 3 heterocycles. The first-order valence-electron chi connectivity index (χ1n) is 11.5. The van der Waals surface area contributed by atoms with E-state index in [2.05, 4.69) is 22.0 Å². The molecule has 6 rings (SSSR count).